The summed E-state index contributed by atoms with van der Waals surface area (Å²) in [6, 6.07) is 7.99. The highest BCUT2D eigenvalue weighted by molar-refractivity contribution is 5.69. The smallest absolute Gasteiger partial charge is 0.305 e. The number of methoxy groups -OCH3 is 1. The molecule has 2 atom stereocenters. The zero-order valence-electron chi connectivity index (χ0n) is 12.7. The van der Waals surface area contributed by atoms with Crippen molar-refractivity contribution in [2.24, 2.45) is 11.7 Å². The molecule has 4 heteroatoms. The van der Waals surface area contributed by atoms with E-state index in [1.807, 2.05) is 24.3 Å². The molecule has 4 nitrogen and oxygen atoms in total. The van der Waals surface area contributed by atoms with Crippen LogP contribution in [-0.4, -0.2) is 25.7 Å². The van der Waals surface area contributed by atoms with Gasteiger partial charge in [0.1, 0.15) is 11.9 Å². The summed E-state index contributed by atoms with van der Waals surface area (Å²) in [6.45, 7) is 0.696. The molecule has 0 saturated heterocycles. The molecule has 2 rings (SSSR count). The molecule has 0 amide bonds. The highest BCUT2D eigenvalue weighted by Gasteiger charge is 2.25. The average molecular weight is 291 g/mol. The topological polar surface area (TPSA) is 61.5 Å². The van der Waals surface area contributed by atoms with E-state index in [-0.39, 0.29) is 12.1 Å². The van der Waals surface area contributed by atoms with Gasteiger partial charge in [-0.05, 0) is 49.9 Å². The number of benzene rings is 1. The Morgan fingerprint density at radius 2 is 1.95 bits per heavy atom. The van der Waals surface area contributed by atoms with E-state index in [0.717, 1.165) is 17.7 Å². The van der Waals surface area contributed by atoms with E-state index < -0.39 is 0 Å². The van der Waals surface area contributed by atoms with E-state index in [2.05, 4.69) is 4.74 Å². The minimum Gasteiger partial charge on any atom is -0.490 e. The number of ether oxygens (including phenoxy) is 2. The minimum atomic E-state index is -0.177. The molecule has 2 unspecified atom stereocenters. The molecule has 1 aromatic rings. The van der Waals surface area contributed by atoms with Gasteiger partial charge in [-0.2, -0.15) is 0 Å². The summed E-state index contributed by atoms with van der Waals surface area (Å²) >= 11 is 0. The van der Waals surface area contributed by atoms with E-state index >= 15 is 0 Å². The lowest BCUT2D eigenvalue weighted by molar-refractivity contribution is -0.140. The van der Waals surface area contributed by atoms with Crippen LogP contribution in [0.5, 0.6) is 5.75 Å². The monoisotopic (exact) mass is 291 g/mol. The van der Waals surface area contributed by atoms with Gasteiger partial charge in [0.05, 0.1) is 7.11 Å². The summed E-state index contributed by atoms with van der Waals surface area (Å²) in [5.41, 5.74) is 6.95. The van der Waals surface area contributed by atoms with Gasteiger partial charge in [0.15, 0.2) is 0 Å². The summed E-state index contributed by atoms with van der Waals surface area (Å²) in [4.78, 5) is 11.1. The van der Waals surface area contributed by atoms with Crippen molar-refractivity contribution in [3.8, 4) is 5.75 Å². The largest absolute Gasteiger partial charge is 0.490 e. The van der Waals surface area contributed by atoms with Gasteiger partial charge in [0.25, 0.3) is 0 Å². The van der Waals surface area contributed by atoms with Crippen LogP contribution in [0.15, 0.2) is 24.3 Å². The van der Waals surface area contributed by atoms with E-state index in [1.54, 1.807) is 0 Å². The Balaban J connectivity index is 1.88. The number of hydrogen-bond acceptors (Lipinski definition) is 4. The molecule has 0 heterocycles. The molecule has 1 aliphatic carbocycles. The van der Waals surface area contributed by atoms with Crippen LogP contribution in [0.2, 0.25) is 0 Å². The summed E-state index contributed by atoms with van der Waals surface area (Å²) in [7, 11) is 1.41. The fraction of sp³-hybridized carbons (Fsp3) is 0.588. The Kier molecular flexibility index (Phi) is 6.05. The molecule has 0 aromatic heterocycles. The predicted molar refractivity (Wildman–Crippen MR) is 82.2 cm³/mol. The average Bonchev–Trinajstić information content (AvgIpc) is 2.54. The number of esters is 1. The van der Waals surface area contributed by atoms with Crippen LogP contribution in [0.3, 0.4) is 0 Å². The molecule has 0 aliphatic heterocycles. The van der Waals surface area contributed by atoms with Gasteiger partial charge in [-0.1, -0.05) is 18.6 Å². The highest BCUT2D eigenvalue weighted by atomic mass is 16.5. The van der Waals surface area contributed by atoms with E-state index in [0.29, 0.717) is 25.3 Å². The normalized spacial score (nSPS) is 21.8. The Bertz CT molecular complexity index is 444. The maximum Gasteiger partial charge on any atom is 0.305 e. The lowest BCUT2D eigenvalue weighted by Crippen LogP contribution is -2.35. The van der Waals surface area contributed by atoms with Crippen LogP contribution in [-0.2, 0) is 16.0 Å². The van der Waals surface area contributed by atoms with Crippen molar-refractivity contribution in [1.82, 2.24) is 0 Å². The summed E-state index contributed by atoms with van der Waals surface area (Å²) in [6.07, 6.45) is 6.08. The Hall–Kier alpha value is -1.55. The summed E-state index contributed by atoms with van der Waals surface area (Å²) in [5.74, 6) is 1.18. The summed E-state index contributed by atoms with van der Waals surface area (Å²) < 4.78 is 10.7. The first-order chi connectivity index (χ1) is 10.2. The molecule has 1 saturated carbocycles. The van der Waals surface area contributed by atoms with Crippen molar-refractivity contribution in [2.45, 2.75) is 44.6 Å². The van der Waals surface area contributed by atoms with Crippen molar-refractivity contribution in [1.29, 1.82) is 0 Å². The third-order valence-corrected chi connectivity index (χ3v) is 4.20. The molecule has 0 bridgehead atoms. The lowest BCUT2D eigenvalue weighted by atomic mass is 9.86. The molecule has 1 aromatic carbocycles. The van der Waals surface area contributed by atoms with Crippen molar-refractivity contribution in [3.63, 3.8) is 0 Å². The first kappa shape index (κ1) is 15.8. The van der Waals surface area contributed by atoms with E-state index in [9.17, 15) is 4.79 Å². The second kappa shape index (κ2) is 8.03. The quantitative estimate of drug-likeness (QED) is 0.819. The number of carbonyl (C=O) groups is 1. The maximum absolute atomic E-state index is 11.1. The predicted octanol–water partition coefficient (Wildman–Crippen LogP) is 2.69. The standard InChI is InChI=1S/C17H25NO3/c1-20-17(19)11-8-13-6-9-15(10-7-13)21-16-5-3-2-4-14(16)12-18/h6-7,9-10,14,16H,2-5,8,11-12,18H2,1H3. The molecule has 0 spiro atoms. The first-order valence-corrected chi connectivity index (χ1v) is 7.75. The number of carbonyl (C=O) groups excluding carboxylic acids is 1. The molecular formula is C17H25NO3. The van der Waals surface area contributed by atoms with Crippen LogP contribution in [0.1, 0.15) is 37.7 Å². The SMILES string of the molecule is COC(=O)CCc1ccc(OC2CCCCC2CN)cc1. The third-order valence-electron chi connectivity index (χ3n) is 4.20. The van der Waals surface area contributed by atoms with Crippen molar-refractivity contribution >= 4 is 5.97 Å². The van der Waals surface area contributed by atoms with Gasteiger partial charge in [-0.3, -0.25) is 4.79 Å². The lowest BCUT2D eigenvalue weighted by Gasteiger charge is -2.31. The highest BCUT2D eigenvalue weighted by Crippen LogP contribution is 2.28. The van der Waals surface area contributed by atoms with Crippen LogP contribution in [0, 0.1) is 5.92 Å². The van der Waals surface area contributed by atoms with Gasteiger partial charge in [-0.25, -0.2) is 0 Å². The Morgan fingerprint density at radius 1 is 1.24 bits per heavy atom. The zero-order chi connectivity index (χ0) is 15.1. The van der Waals surface area contributed by atoms with E-state index in [1.165, 1.54) is 26.4 Å². The second-order valence-corrected chi connectivity index (χ2v) is 5.66. The number of aryl methyl sites for hydroxylation is 1. The minimum absolute atomic E-state index is 0.177. The van der Waals surface area contributed by atoms with Crippen LogP contribution in [0.25, 0.3) is 0 Å². The van der Waals surface area contributed by atoms with Gasteiger partial charge in [-0.15, -0.1) is 0 Å². The molecule has 1 fully saturated rings. The summed E-state index contributed by atoms with van der Waals surface area (Å²) in [5, 5.41) is 0. The Morgan fingerprint density at radius 3 is 2.62 bits per heavy atom. The fourth-order valence-electron chi connectivity index (χ4n) is 2.86. The second-order valence-electron chi connectivity index (χ2n) is 5.66. The first-order valence-electron chi connectivity index (χ1n) is 7.75. The molecule has 116 valence electrons. The Labute approximate surface area is 126 Å². The molecule has 1 aliphatic rings. The number of hydrogen-bond donors (Lipinski definition) is 1. The molecule has 2 N–H and O–H groups in total. The van der Waals surface area contributed by atoms with Crippen molar-refractivity contribution in [2.75, 3.05) is 13.7 Å². The molecular weight excluding hydrogens is 266 g/mol. The third kappa shape index (κ3) is 4.74. The maximum atomic E-state index is 11.1. The van der Waals surface area contributed by atoms with Gasteiger partial charge in [0, 0.05) is 12.3 Å². The van der Waals surface area contributed by atoms with Crippen LogP contribution >= 0.6 is 0 Å². The van der Waals surface area contributed by atoms with Crippen LogP contribution in [0.4, 0.5) is 0 Å². The van der Waals surface area contributed by atoms with Gasteiger partial charge >= 0.3 is 5.97 Å². The van der Waals surface area contributed by atoms with Crippen LogP contribution < -0.4 is 10.5 Å². The molecule has 21 heavy (non-hydrogen) atoms. The molecule has 0 radical (unpaired) electrons. The van der Waals surface area contributed by atoms with Gasteiger partial charge in [0.2, 0.25) is 0 Å². The zero-order valence-corrected chi connectivity index (χ0v) is 12.7. The van der Waals surface area contributed by atoms with E-state index in [4.69, 9.17) is 10.5 Å². The van der Waals surface area contributed by atoms with Gasteiger partial charge < -0.3 is 15.2 Å². The number of rotatable bonds is 6. The van der Waals surface area contributed by atoms with Crippen molar-refractivity contribution < 1.29 is 14.3 Å². The number of nitrogens with two attached hydrogens (primary N) is 1. The fourth-order valence-corrected chi connectivity index (χ4v) is 2.86. The van der Waals surface area contributed by atoms with Crippen molar-refractivity contribution in [3.05, 3.63) is 29.8 Å².